The number of rotatable bonds is 2. The summed E-state index contributed by atoms with van der Waals surface area (Å²) in [5.41, 5.74) is 9.32. The first-order valence-electron chi connectivity index (χ1n) is 6.42. The molecule has 0 atom stereocenters. The lowest BCUT2D eigenvalue weighted by Crippen LogP contribution is -2.50. The average molecular weight is 320 g/mol. The quantitative estimate of drug-likeness (QED) is 0.903. The van der Waals surface area contributed by atoms with E-state index in [0.717, 1.165) is 26.2 Å². The van der Waals surface area contributed by atoms with Gasteiger partial charge in [-0.3, -0.25) is 4.79 Å². The summed E-state index contributed by atoms with van der Waals surface area (Å²) >= 11 is 0. The monoisotopic (exact) mass is 319 g/mol. The lowest BCUT2D eigenvalue weighted by molar-refractivity contribution is -0.129. The van der Waals surface area contributed by atoms with Crippen LogP contribution in [0.4, 0.5) is 5.69 Å². The largest absolute Gasteiger partial charge is 0.368 e. The molecule has 20 heavy (non-hydrogen) atoms. The van der Waals surface area contributed by atoms with E-state index >= 15 is 0 Å². The summed E-state index contributed by atoms with van der Waals surface area (Å²) in [4.78, 5) is 15.7. The fraction of sp³-hybridized carbons (Fsp3) is 0.500. The standard InChI is InChI=1S/C14H21N3O.2ClH/c1-11-4-3-5-13(12(11)2)16-6-8-17(9-7-16)14(18)10-15;;/h3-5H,6-10,15H2,1-2H3;2*1H. The Bertz CT molecular complexity index is 446. The fourth-order valence-corrected chi connectivity index (χ4v) is 2.40. The molecule has 4 nitrogen and oxygen atoms in total. The van der Waals surface area contributed by atoms with Gasteiger partial charge in [-0.1, -0.05) is 12.1 Å². The molecule has 6 heteroatoms. The molecular weight excluding hydrogens is 297 g/mol. The van der Waals surface area contributed by atoms with Gasteiger partial charge in [-0.05, 0) is 31.0 Å². The Kier molecular flexibility index (Phi) is 7.94. The second-order valence-corrected chi connectivity index (χ2v) is 4.79. The van der Waals surface area contributed by atoms with E-state index in [1.807, 2.05) is 4.90 Å². The SMILES string of the molecule is Cc1cccc(N2CCN(C(=O)CN)CC2)c1C.Cl.Cl. The van der Waals surface area contributed by atoms with Crippen molar-refractivity contribution in [1.29, 1.82) is 0 Å². The molecule has 1 heterocycles. The van der Waals surface area contributed by atoms with Gasteiger partial charge in [0.05, 0.1) is 6.54 Å². The molecule has 1 aliphatic rings. The van der Waals surface area contributed by atoms with E-state index in [0.29, 0.717) is 0 Å². The minimum atomic E-state index is 0. The van der Waals surface area contributed by atoms with Crippen molar-refractivity contribution in [2.24, 2.45) is 5.73 Å². The Morgan fingerprint density at radius 2 is 1.75 bits per heavy atom. The number of nitrogens with two attached hydrogens (primary N) is 1. The van der Waals surface area contributed by atoms with Crippen LogP contribution in [0, 0.1) is 13.8 Å². The summed E-state index contributed by atoms with van der Waals surface area (Å²) in [6.07, 6.45) is 0. The van der Waals surface area contributed by atoms with Crippen molar-refractivity contribution in [3.8, 4) is 0 Å². The third-order valence-electron chi connectivity index (χ3n) is 3.72. The Labute approximate surface area is 133 Å². The zero-order valence-electron chi connectivity index (χ0n) is 12.0. The van der Waals surface area contributed by atoms with E-state index < -0.39 is 0 Å². The zero-order valence-corrected chi connectivity index (χ0v) is 13.6. The highest BCUT2D eigenvalue weighted by molar-refractivity contribution is 5.85. The maximum absolute atomic E-state index is 11.5. The van der Waals surface area contributed by atoms with E-state index in [1.165, 1.54) is 16.8 Å². The number of hydrogen-bond acceptors (Lipinski definition) is 3. The van der Waals surface area contributed by atoms with Gasteiger partial charge >= 0.3 is 0 Å². The van der Waals surface area contributed by atoms with Gasteiger partial charge in [0, 0.05) is 31.9 Å². The van der Waals surface area contributed by atoms with Gasteiger partial charge in [-0.15, -0.1) is 24.8 Å². The van der Waals surface area contributed by atoms with Crippen LogP contribution in [0.5, 0.6) is 0 Å². The molecule has 0 bridgehead atoms. The Hall–Kier alpha value is -0.970. The van der Waals surface area contributed by atoms with Crippen LogP contribution in [0.3, 0.4) is 0 Å². The van der Waals surface area contributed by atoms with Gasteiger partial charge in [0.1, 0.15) is 0 Å². The number of carbonyl (C=O) groups is 1. The average Bonchev–Trinajstić information content (AvgIpc) is 2.41. The Morgan fingerprint density at radius 3 is 2.30 bits per heavy atom. The second-order valence-electron chi connectivity index (χ2n) is 4.79. The number of nitrogens with zero attached hydrogens (tertiary/aromatic N) is 2. The van der Waals surface area contributed by atoms with Gasteiger partial charge in [-0.2, -0.15) is 0 Å². The maximum atomic E-state index is 11.5. The molecule has 114 valence electrons. The van der Waals surface area contributed by atoms with Crippen molar-refractivity contribution in [2.45, 2.75) is 13.8 Å². The summed E-state index contributed by atoms with van der Waals surface area (Å²) in [6, 6.07) is 6.38. The predicted octanol–water partition coefficient (Wildman–Crippen LogP) is 1.75. The van der Waals surface area contributed by atoms with Crippen molar-refractivity contribution in [1.82, 2.24) is 4.90 Å². The molecule has 0 aromatic heterocycles. The highest BCUT2D eigenvalue weighted by atomic mass is 35.5. The summed E-state index contributed by atoms with van der Waals surface area (Å²) in [7, 11) is 0. The van der Waals surface area contributed by atoms with Crippen molar-refractivity contribution < 1.29 is 4.79 Å². The van der Waals surface area contributed by atoms with Gasteiger partial charge in [0.25, 0.3) is 0 Å². The number of amides is 1. The van der Waals surface area contributed by atoms with Crippen LogP contribution in [0.1, 0.15) is 11.1 Å². The molecule has 1 amide bonds. The van der Waals surface area contributed by atoms with E-state index in [-0.39, 0.29) is 37.3 Å². The molecule has 0 aliphatic carbocycles. The molecule has 1 saturated heterocycles. The summed E-state index contributed by atoms with van der Waals surface area (Å²) in [5, 5.41) is 0. The molecule has 1 fully saturated rings. The Morgan fingerprint density at radius 1 is 1.15 bits per heavy atom. The molecule has 1 aliphatic heterocycles. The van der Waals surface area contributed by atoms with Crippen LogP contribution in [-0.4, -0.2) is 43.5 Å². The molecule has 0 saturated carbocycles. The van der Waals surface area contributed by atoms with E-state index in [4.69, 9.17) is 5.73 Å². The number of halogens is 2. The van der Waals surface area contributed by atoms with Crippen LogP contribution in [0.2, 0.25) is 0 Å². The van der Waals surface area contributed by atoms with Crippen LogP contribution in [0.25, 0.3) is 0 Å². The molecule has 2 rings (SSSR count). The van der Waals surface area contributed by atoms with E-state index in [1.54, 1.807) is 0 Å². The van der Waals surface area contributed by atoms with Gasteiger partial charge < -0.3 is 15.5 Å². The van der Waals surface area contributed by atoms with Crippen molar-refractivity contribution in [3.63, 3.8) is 0 Å². The summed E-state index contributed by atoms with van der Waals surface area (Å²) in [6.45, 7) is 7.71. The number of carbonyl (C=O) groups excluding carboxylic acids is 1. The second kappa shape index (κ2) is 8.35. The molecular formula is C14H23Cl2N3O. The van der Waals surface area contributed by atoms with Crippen LogP contribution in [0.15, 0.2) is 18.2 Å². The first kappa shape index (κ1) is 19.0. The number of piperazine rings is 1. The molecule has 0 unspecified atom stereocenters. The van der Waals surface area contributed by atoms with Crippen LogP contribution < -0.4 is 10.6 Å². The van der Waals surface area contributed by atoms with Crippen LogP contribution in [-0.2, 0) is 4.79 Å². The van der Waals surface area contributed by atoms with E-state index in [2.05, 4.69) is 36.9 Å². The number of aryl methyl sites for hydroxylation is 1. The minimum absolute atomic E-state index is 0. The van der Waals surface area contributed by atoms with Crippen molar-refractivity contribution in [2.75, 3.05) is 37.6 Å². The lowest BCUT2D eigenvalue weighted by atomic mass is 10.1. The molecule has 1 aromatic rings. The molecule has 1 aromatic carbocycles. The fourth-order valence-electron chi connectivity index (χ4n) is 2.40. The highest BCUT2D eigenvalue weighted by Gasteiger charge is 2.21. The number of hydrogen-bond donors (Lipinski definition) is 1. The smallest absolute Gasteiger partial charge is 0.236 e. The minimum Gasteiger partial charge on any atom is -0.368 e. The number of anilines is 1. The molecule has 2 N–H and O–H groups in total. The summed E-state index contributed by atoms with van der Waals surface area (Å²) in [5.74, 6) is 0.0515. The van der Waals surface area contributed by atoms with Crippen molar-refractivity contribution in [3.05, 3.63) is 29.3 Å². The van der Waals surface area contributed by atoms with Gasteiger partial charge in [0.2, 0.25) is 5.91 Å². The lowest BCUT2D eigenvalue weighted by Gasteiger charge is -2.37. The van der Waals surface area contributed by atoms with Crippen LogP contribution >= 0.6 is 24.8 Å². The third-order valence-corrected chi connectivity index (χ3v) is 3.72. The topological polar surface area (TPSA) is 49.6 Å². The predicted molar refractivity (Wildman–Crippen MR) is 88.3 cm³/mol. The normalized spacial score (nSPS) is 14.3. The van der Waals surface area contributed by atoms with Crippen molar-refractivity contribution >= 4 is 36.4 Å². The maximum Gasteiger partial charge on any atom is 0.236 e. The van der Waals surface area contributed by atoms with Gasteiger partial charge in [0.15, 0.2) is 0 Å². The first-order valence-corrected chi connectivity index (χ1v) is 6.42. The summed E-state index contributed by atoms with van der Waals surface area (Å²) < 4.78 is 0. The zero-order chi connectivity index (χ0) is 13.1. The molecule has 0 radical (unpaired) electrons. The first-order chi connectivity index (χ1) is 8.63. The van der Waals surface area contributed by atoms with E-state index in [9.17, 15) is 4.79 Å². The molecule has 0 spiro atoms. The third kappa shape index (κ3) is 4.01. The van der Waals surface area contributed by atoms with Gasteiger partial charge in [-0.25, -0.2) is 0 Å². The highest BCUT2D eigenvalue weighted by Crippen LogP contribution is 2.23. The Balaban J connectivity index is 0.00000180. The number of benzene rings is 1.